The van der Waals surface area contributed by atoms with Crippen molar-refractivity contribution in [2.24, 2.45) is 0 Å². The van der Waals surface area contributed by atoms with Crippen molar-refractivity contribution in [2.45, 2.75) is 51.4 Å². The summed E-state index contributed by atoms with van der Waals surface area (Å²) >= 11 is 0. The Morgan fingerprint density at radius 2 is 1.19 bits per heavy atom. The Morgan fingerprint density at radius 1 is 0.694 bits per heavy atom. The second-order valence-corrected chi connectivity index (χ2v) is 13.8. The van der Waals surface area contributed by atoms with Crippen LogP contribution in [0.4, 0.5) is 0 Å². The SMILES string of the molecule is [2H]c1c([2H])c([2H])c([Si](c2ccc3c(c2)C(C)(C)CCC3(C)C)(c2c([2H])c([2H])c([2H])c([2H])c2[2H])c2c([2H])c([2H])c(O[B]O)c([2H])c2[2H])c([2H])c1[2H]. The molecule has 0 fully saturated rings. The van der Waals surface area contributed by atoms with Crippen LogP contribution in [0.2, 0.25) is 0 Å². The van der Waals surface area contributed by atoms with Crippen molar-refractivity contribution in [3.05, 3.63) is 114 Å². The van der Waals surface area contributed by atoms with Crippen molar-refractivity contribution in [3.8, 4) is 5.75 Å². The molecule has 5 rings (SSSR count). The summed E-state index contributed by atoms with van der Waals surface area (Å²) < 4.78 is 130. The van der Waals surface area contributed by atoms with Gasteiger partial charge in [0, 0.05) is 0 Å². The molecule has 1 aliphatic rings. The van der Waals surface area contributed by atoms with Crippen molar-refractivity contribution in [1.29, 1.82) is 0 Å². The predicted molar refractivity (Wildman–Crippen MR) is 154 cm³/mol. The fraction of sp³-hybridized carbons (Fsp3) is 0.250. The van der Waals surface area contributed by atoms with E-state index in [1.807, 2.05) is 13.8 Å². The van der Waals surface area contributed by atoms with Gasteiger partial charge in [-0.05, 0) is 67.6 Å². The Hall–Kier alpha value is -3.08. The summed E-state index contributed by atoms with van der Waals surface area (Å²) in [7, 11) is -4.98. The highest BCUT2D eigenvalue weighted by atomic mass is 28.3. The number of rotatable bonds is 6. The van der Waals surface area contributed by atoms with Crippen LogP contribution in [0.3, 0.4) is 0 Å². The minimum atomic E-state index is -5.16. The van der Waals surface area contributed by atoms with Crippen LogP contribution in [-0.2, 0) is 10.8 Å². The van der Waals surface area contributed by atoms with Gasteiger partial charge in [-0.1, -0.05) is 118 Å². The van der Waals surface area contributed by atoms with Crippen LogP contribution < -0.4 is 25.4 Å². The first kappa shape index (κ1) is 12.9. The largest absolute Gasteiger partial charge is 0.569 e. The third-order valence-electron chi connectivity index (χ3n) is 7.18. The van der Waals surface area contributed by atoms with E-state index in [4.69, 9.17) is 15.6 Å². The number of benzene rings is 4. The molecular formula is C32H34BO2Si. The summed E-state index contributed by atoms with van der Waals surface area (Å²) in [6.45, 7) is 8.15. The fourth-order valence-corrected chi connectivity index (χ4v) is 8.92. The standard InChI is InChI=1S/C32H34BO2Si/c1-31(2)21-22-32(3,4)30-23-28(19-20-29(30)31)36(25-11-7-5-8-12-25,26-13-9-6-10-14-26)27-17-15-24(16-18-27)35-33-34/h5-20,23,34H,21-22H2,1-4H3/i5D,6D,7D,8D,9D,10D,11D,12D,13D,14D,15D,16D,17D,18D. The molecular weight excluding hydrogens is 455 g/mol. The van der Waals surface area contributed by atoms with Crippen molar-refractivity contribution < 1.29 is 28.9 Å². The van der Waals surface area contributed by atoms with E-state index in [1.54, 1.807) is 18.2 Å². The quantitative estimate of drug-likeness (QED) is 0.314. The first-order valence-corrected chi connectivity index (χ1v) is 13.6. The van der Waals surface area contributed by atoms with E-state index in [9.17, 15) is 13.2 Å². The molecule has 0 bridgehead atoms. The second kappa shape index (κ2) is 9.42. The fourth-order valence-electron chi connectivity index (χ4n) is 5.11. The maximum atomic E-state index is 9.39. The van der Waals surface area contributed by atoms with E-state index in [1.165, 1.54) is 0 Å². The molecule has 1 aliphatic carbocycles. The van der Waals surface area contributed by atoms with Crippen LogP contribution in [0.15, 0.2) is 103 Å². The molecule has 2 nitrogen and oxygen atoms in total. The van der Waals surface area contributed by atoms with Gasteiger partial charge in [0.05, 0.1) is 24.9 Å². The minimum absolute atomic E-state index is 0.127. The lowest BCUT2D eigenvalue weighted by Gasteiger charge is -2.43. The van der Waals surface area contributed by atoms with Crippen molar-refractivity contribution >= 4 is 36.5 Å². The van der Waals surface area contributed by atoms with Crippen LogP contribution in [0, 0.1) is 0 Å². The lowest BCUT2D eigenvalue weighted by molar-refractivity contribution is 0.332. The maximum Gasteiger partial charge on any atom is 0.569 e. The van der Waals surface area contributed by atoms with Gasteiger partial charge >= 0.3 is 7.69 Å². The average molecular weight is 504 g/mol. The normalized spacial score (nSPS) is 21.6. The molecule has 0 amide bonds. The third-order valence-corrected chi connectivity index (χ3v) is 11.4. The lowest BCUT2D eigenvalue weighted by atomic mass is 9.63. The van der Waals surface area contributed by atoms with Gasteiger partial charge in [-0.15, -0.1) is 0 Å². The second-order valence-electron chi connectivity index (χ2n) is 10.2. The molecule has 0 saturated carbocycles. The highest BCUT2D eigenvalue weighted by Crippen LogP contribution is 2.45. The van der Waals surface area contributed by atoms with E-state index in [0.717, 1.165) is 24.0 Å². The van der Waals surface area contributed by atoms with Gasteiger partial charge < -0.3 is 9.68 Å². The highest BCUT2D eigenvalue weighted by molar-refractivity contribution is 7.19. The van der Waals surface area contributed by atoms with Crippen LogP contribution in [-0.4, -0.2) is 20.8 Å². The van der Waals surface area contributed by atoms with Gasteiger partial charge in [-0.2, -0.15) is 0 Å². The smallest absolute Gasteiger partial charge is 0.537 e. The van der Waals surface area contributed by atoms with Gasteiger partial charge in [-0.3, -0.25) is 0 Å². The molecule has 0 unspecified atom stereocenters. The minimum Gasteiger partial charge on any atom is -0.537 e. The summed E-state index contributed by atoms with van der Waals surface area (Å²) in [6.07, 6.45) is 1.54. The van der Waals surface area contributed by atoms with Crippen molar-refractivity contribution in [3.63, 3.8) is 0 Å². The highest BCUT2D eigenvalue weighted by Gasteiger charge is 2.44. The van der Waals surface area contributed by atoms with Gasteiger partial charge in [-0.25, -0.2) is 0 Å². The molecule has 4 aromatic carbocycles. The molecule has 36 heavy (non-hydrogen) atoms. The summed E-state index contributed by atoms with van der Waals surface area (Å²) in [5.41, 5.74) is 0.895. The van der Waals surface area contributed by atoms with Crippen LogP contribution >= 0.6 is 0 Å². The van der Waals surface area contributed by atoms with Crippen LogP contribution in [0.1, 0.15) is 70.9 Å². The summed E-state index contributed by atoms with van der Waals surface area (Å²) in [5.74, 6) is -0.676. The van der Waals surface area contributed by atoms with Crippen LogP contribution in [0.5, 0.6) is 5.75 Å². The molecule has 0 spiro atoms. The van der Waals surface area contributed by atoms with Gasteiger partial charge in [0.1, 0.15) is 0 Å². The third kappa shape index (κ3) is 4.13. The Morgan fingerprint density at radius 3 is 1.72 bits per heavy atom. The Kier molecular flexibility index (Phi) is 3.39. The molecule has 0 aromatic heterocycles. The molecule has 0 saturated heterocycles. The first-order chi connectivity index (χ1) is 23.1. The summed E-state index contributed by atoms with van der Waals surface area (Å²) in [5, 5.41) is 8.00. The Balaban J connectivity index is 2.25. The van der Waals surface area contributed by atoms with Crippen LogP contribution in [0.25, 0.3) is 0 Å². The molecule has 4 heteroatoms. The summed E-state index contributed by atoms with van der Waals surface area (Å²) in [4.78, 5) is 0. The Labute approximate surface area is 237 Å². The molecule has 0 heterocycles. The van der Waals surface area contributed by atoms with Gasteiger partial charge in [0.25, 0.3) is 0 Å². The monoisotopic (exact) mass is 503 g/mol. The van der Waals surface area contributed by atoms with E-state index >= 15 is 0 Å². The van der Waals surface area contributed by atoms with E-state index in [0.29, 0.717) is 0 Å². The molecule has 181 valence electrons. The zero-order valence-corrected chi connectivity index (χ0v) is 21.6. The maximum absolute atomic E-state index is 9.39. The van der Waals surface area contributed by atoms with E-state index in [2.05, 4.69) is 13.8 Å². The summed E-state index contributed by atoms with van der Waals surface area (Å²) in [6, 6.07) is -5.94. The number of hydrogen-bond donors (Lipinski definition) is 1. The molecule has 0 atom stereocenters. The average Bonchev–Trinajstić information content (AvgIpc) is 3.07. The Bertz CT molecular complexity index is 1950. The number of fused-ring (bicyclic) bond motifs is 1. The van der Waals surface area contributed by atoms with Gasteiger partial charge in [0.2, 0.25) is 0 Å². The predicted octanol–water partition coefficient (Wildman–Crippen LogP) is 4.32. The first-order valence-electron chi connectivity index (χ1n) is 18.6. The van der Waals surface area contributed by atoms with Crippen molar-refractivity contribution in [2.75, 3.05) is 0 Å². The molecule has 4 aromatic rings. The van der Waals surface area contributed by atoms with Crippen molar-refractivity contribution in [1.82, 2.24) is 0 Å². The molecule has 1 N–H and O–H groups in total. The van der Waals surface area contributed by atoms with E-state index in [-0.39, 0.29) is 18.3 Å². The zero-order chi connectivity index (χ0) is 37.6. The molecule has 0 aliphatic heterocycles. The topological polar surface area (TPSA) is 29.5 Å². The van der Waals surface area contributed by atoms with Gasteiger partial charge in [0.15, 0.2) is 8.07 Å². The van der Waals surface area contributed by atoms with E-state index < -0.39 is 119 Å². The number of hydrogen-bond acceptors (Lipinski definition) is 2. The lowest BCUT2D eigenvalue weighted by Crippen LogP contribution is -2.74. The molecule has 1 radical (unpaired) electrons. The zero-order valence-electron chi connectivity index (χ0n) is 34.6.